The van der Waals surface area contributed by atoms with Crippen molar-refractivity contribution in [1.82, 2.24) is 0 Å². The maximum absolute atomic E-state index is 5.75. The molecule has 2 heteroatoms. The molecule has 0 amide bonds. The lowest BCUT2D eigenvalue weighted by Gasteiger charge is -2.23. The molecule has 1 saturated carbocycles. The van der Waals surface area contributed by atoms with Crippen LogP contribution in [0.3, 0.4) is 0 Å². The molecular weight excluding hydrogens is 225 g/mol. The monoisotopic (exact) mass is 239 g/mol. The molecule has 54 valence electrons. The van der Waals surface area contributed by atoms with Crippen LogP contribution in [-0.2, 0) is 0 Å². The fourth-order valence-corrected chi connectivity index (χ4v) is 2.22. The number of halogens is 1. The molecular formula is C7H14IN. The van der Waals surface area contributed by atoms with Gasteiger partial charge in [0.25, 0.3) is 0 Å². The molecule has 2 N–H and O–H groups in total. The van der Waals surface area contributed by atoms with Gasteiger partial charge in [-0.15, -0.1) is 0 Å². The van der Waals surface area contributed by atoms with Crippen LogP contribution in [0.4, 0.5) is 0 Å². The predicted molar refractivity (Wildman–Crippen MR) is 48.8 cm³/mol. The van der Waals surface area contributed by atoms with Crippen molar-refractivity contribution >= 4 is 22.6 Å². The number of hydrogen-bond donors (Lipinski definition) is 1. The van der Waals surface area contributed by atoms with Gasteiger partial charge >= 0.3 is 0 Å². The maximum Gasteiger partial charge on any atom is 0.00390 e. The van der Waals surface area contributed by atoms with E-state index in [2.05, 4.69) is 22.6 Å². The van der Waals surface area contributed by atoms with Crippen LogP contribution in [0.15, 0.2) is 0 Å². The normalized spacial score (nSPS) is 36.7. The highest BCUT2D eigenvalue weighted by Crippen LogP contribution is 2.24. The highest BCUT2D eigenvalue weighted by atomic mass is 127. The maximum atomic E-state index is 5.75. The van der Waals surface area contributed by atoms with Crippen LogP contribution in [0.25, 0.3) is 0 Å². The van der Waals surface area contributed by atoms with Gasteiger partial charge in [-0.3, -0.25) is 0 Å². The van der Waals surface area contributed by atoms with Gasteiger partial charge in [0, 0.05) is 10.5 Å². The molecule has 0 spiro atoms. The molecule has 0 aromatic rings. The molecule has 9 heavy (non-hydrogen) atoms. The second-order valence-corrected chi connectivity index (χ2v) is 3.82. The zero-order valence-electron chi connectivity index (χ0n) is 5.65. The Bertz CT molecular complexity index is 77.0. The summed E-state index contributed by atoms with van der Waals surface area (Å²) in [5, 5.41) is 0. The van der Waals surface area contributed by atoms with Gasteiger partial charge in [0.05, 0.1) is 0 Å². The van der Waals surface area contributed by atoms with E-state index in [0.29, 0.717) is 6.04 Å². The van der Waals surface area contributed by atoms with Crippen molar-refractivity contribution in [2.24, 2.45) is 11.7 Å². The molecule has 0 bridgehead atoms. The molecule has 0 aliphatic heterocycles. The summed E-state index contributed by atoms with van der Waals surface area (Å²) in [5.74, 6) is 0.977. The van der Waals surface area contributed by atoms with Gasteiger partial charge in [-0.05, 0) is 31.6 Å². The van der Waals surface area contributed by atoms with E-state index in [0.717, 1.165) is 5.92 Å². The van der Waals surface area contributed by atoms with Crippen LogP contribution in [-0.4, -0.2) is 10.5 Å². The molecule has 1 rings (SSSR count). The van der Waals surface area contributed by atoms with E-state index >= 15 is 0 Å². The van der Waals surface area contributed by atoms with Gasteiger partial charge in [0.2, 0.25) is 0 Å². The zero-order valence-corrected chi connectivity index (χ0v) is 7.80. The average molecular weight is 239 g/mol. The van der Waals surface area contributed by atoms with E-state index in [1.54, 1.807) is 0 Å². The molecule has 1 aliphatic rings. The van der Waals surface area contributed by atoms with Gasteiger partial charge in [0.1, 0.15) is 0 Å². The first-order chi connectivity index (χ1) is 4.33. The summed E-state index contributed by atoms with van der Waals surface area (Å²) in [5.41, 5.74) is 5.75. The van der Waals surface area contributed by atoms with Crippen LogP contribution < -0.4 is 5.73 Å². The van der Waals surface area contributed by atoms with Crippen molar-refractivity contribution in [2.45, 2.75) is 31.7 Å². The van der Waals surface area contributed by atoms with Gasteiger partial charge in [0.15, 0.2) is 0 Å². The Morgan fingerprint density at radius 1 is 1.22 bits per heavy atom. The fourth-order valence-electron chi connectivity index (χ4n) is 1.34. The first-order valence-corrected chi connectivity index (χ1v) is 5.17. The zero-order chi connectivity index (χ0) is 6.69. The van der Waals surface area contributed by atoms with E-state index in [1.807, 2.05) is 0 Å². The molecule has 0 aromatic carbocycles. The second-order valence-electron chi connectivity index (χ2n) is 2.94. The van der Waals surface area contributed by atoms with Gasteiger partial charge < -0.3 is 5.73 Å². The van der Waals surface area contributed by atoms with Crippen molar-refractivity contribution in [3.63, 3.8) is 0 Å². The first-order valence-electron chi connectivity index (χ1n) is 3.64. The molecule has 1 aliphatic carbocycles. The number of hydrogen-bond acceptors (Lipinski definition) is 1. The molecule has 0 radical (unpaired) electrons. The predicted octanol–water partition coefficient (Wildman–Crippen LogP) is 1.94. The molecule has 1 fully saturated rings. The second kappa shape index (κ2) is 3.76. The Balaban J connectivity index is 2.18. The van der Waals surface area contributed by atoms with E-state index < -0.39 is 0 Å². The van der Waals surface area contributed by atoms with Gasteiger partial charge in [-0.25, -0.2) is 0 Å². The van der Waals surface area contributed by atoms with Crippen LogP contribution in [0.1, 0.15) is 25.7 Å². The molecule has 0 atom stereocenters. The number of nitrogens with two attached hydrogens (primary N) is 1. The summed E-state index contributed by atoms with van der Waals surface area (Å²) in [6, 6.07) is 0.518. The van der Waals surface area contributed by atoms with E-state index in [-0.39, 0.29) is 0 Å². The first kappa shape index (κ1) is 7.79. The van der Waals surface area contributed by atoms with E-state index in [4.69, 9.17) is 5.73 Å². The van der Waals surface area contributed by atoms with Gasteiger partial charge in [-0.2, -0.15) is 0 Å². The lowest BCUT2D eigenvalue weighted by Crippen LogP contribution is -2.26. The van der Waals surface area contributed by atoms with Crippen LogP contribution in [0.2, 0.25) is 0 Å². The lowest BCUT2D eigenvalue weighted by atomic mass is 9.88. The highest BCUT2D eigenvalue weighted by Gasteiger charge is 2.16. The van der Waals surface area contributed by atoms with Crippen molar-refractivity contribution < 1.29 is 0 Å². The molecule has 0 aromatic heterocycles. The minimum Gasteiger partial charge on any atom is -0.328 e. The summed E-state index contributed by atoms with van der Waals surface area (Å²) >= 11 is 2.47. The van der Waals surface area contributed by atoms with E-state index in [1.165, 1.54) is 30.1 Å². The molecule has 0 saturated heterocycles. The minimum atomic E-state index is 0.518. The minimum absolute atomic E-state index is 0.518. The third kappa shape index (κ3) is 2.42. The van der Waals surface area contributed by atoms with Crippen molar-refractivity contribution in [1.29, 1.82) is 0 Å². The lowest BCUT2D eigenvalue weighted by molar-refractivity contribution is 0.356. The third-order valence-corrected chi connectivity index (χ3v) is 3.36. The summed E-state index contributed by atoms with van der Waals surface area (Å²) in [7, 11) is 0. The Kier molecular flexibility index (Phi) is 3.26. The smallest absolute Gasteiger partial charge is 0.00390 e. The van der Waals surface area contributed by atoms with Crippen molar-refractivity contribution in [3.05, 3.63) is 0 Å². The van der Waals surface area contributed by atoms with Crippen molar-refractivity contribution in [2.75, 3.05) is 4.43 Å². The topological polar surface area (TPSA) is 26.0 Å². The standard InChI is InChI=1S/C7H14IN/c8-5-6-1-3-7(9)4-2-6/h6-7H,1-5,9H2. The van der Waals surface area contributed by atoms with Crippen molar-refractivity contribution in [3.8, 4) is 0 Å². The average Bonchev–Trinajstić information content (AvgIpc) is 1.90. The summed E-state index contributed by atoms with van der Waals surface area (Å²) in [6.45, 7) is 0. The Hall–Kier alpha value is 0.690. The fraction of sp³-hybridized carbons (Fsp3) is 1.00. The highest BCUT2D eigenvalue weighted by molar-refractivity contribution is 14.1. The van der Waals surface area contributed by atoms with Crippen LogP contribution in [0, 0.1) is 5.92 Å². The Morgan fingerprint density at radius 2 is 1.78 bits per heavy atom. The summed E-state index contributed by atoms with van der Waals surface area (Å²) < 4.78 is 1.32. The van der Waals surface area contributed by atoms with E-state index in [9.17, 15) is 0 Å². The Labute approximate surface area is 70.5 Å². The Morgan fingerprint density at radius 3 is 2.22 bits per heavy atom. The largest absolute Gasteiger partial charge is 0.328 e. The quantitative estimate of drug-likeness (QED) is 0.549. The number of rotatable bonds is 1. The molecule has 1 nitrogen and oxygen atoms in total. The van der Waals surface area contributed by atoms with Crippen LogP contribution >= 0.6 is 22.6 Å². The van der Waals surface area contributed by atoms with Crippen LogP contribution in [0.5, 0.6) is 0 Å². The third-order valence-electron chi connectivity index (χ3n) is 2.11. The summed E-state index contributed by atoms with van der Waals surface area (Å²) in [4.78, 5) is 0. The van der Waals surface area contributed by atoms with Gasteiger partial charge in [-0.1, -0.05) is 22.6 Å². The number of alkyl halides is 1. The molecule has 0 unspecified atom stereocenters. The SMILES string of the molecule is NC1CCC(CI)CC1. The summed E-state index contributed by atoms with van der Waals surface area (Å²) in [6.07, 6.45) is 5.25. The molecule has 0 heterocycles.